The molecule has 1 aliphatic heterocycles. The maximum Gasteiger partial charge on any atom is 0.0898 e. The number of nitrogens with zero attached hydrogens (tertiary/aromatic N) is 2. The van der Waals surface area contributed by atoms with Gasteiger partial charge in [0.1, 0.15) is 0 Å². The highest BCUT2D eigenvalue weighted by Crippen LogP contribution is 2.43. The fourth-order valence-corrected chi connectivity index (χ4v) is 3.51. The van der Waals surface area contributed by atoms with Crippen LogP contribution < -0.4 is 5.73 Å². The van der Waals surface area contributed by atoms with Gasteiger partial charge < -0.3 is 5.73 Å². The van der Waals surface area contributed by atoms with Gasteiger partial charge in [-0.25, -0.2) is 4.98 Å². The Morgan fingerprint density at radius 1 is 1.50 bits per heavy atom. The number of aromatic nitrogens is 1. The first-order valence-corrected chi connectivity index (χ1v) is 7.05. The molecule has 0 radical (unpaired) electrons. The van der Waals surface area contributed by atoms with Crippen molar-refractivity contribution in [3.05, 3.63) is 16.1 Å². The number of hydrogen-bond donors (Lipinski definition) is 1. The van der Waals surface area contributed by atoms with Gasteiger partial charge in [-0.15, -0.1) is 11.3 Å². The van der Waals surface area contributed by atoms with Crippen molar-refractivity contribution in [2.45, 2.75) is 38.3 Å². The van der Waals surface area contributed by atoms with Crippen LogP contribution in [0.25, 0.3) is 0 Å². The van der Waals surface area contributed by atoms with E-state index >= 15 is 0 Å². The zero-order valence-corrected chi connectivity index (χ0v) is 10.5. The lowest BCUT2D eigenvalue weighted by Crippen LogP contribution is -2.30. The van der Waals surface area contributed by atoms with Crippen LogP contribution in [0.1, 0.15) is 36.0 Å². The SMILES string of the molecule is Cc1nc(C2C(CN)CCN2C2CC2)cs1. The third-order valence-corrected chi connectivity index (χ3v) is 4.61. The van der Waals surface area contributed by atoms with Gasteiger partial charge in [-0.05, 0) is 45.2 Å². The quantitative estimate of drug-likeness (QED) is 0.873. The number of likely N-dealkylation sites (tertiary alicyclic amines) is 1. The van der Waals surface area contributed by atoms with Crippen molar-refractivity contribution < 1.29 is 0 Å². The molecule has 0 bridgehead atoms. The van der Waals surface area contributed by atoms with Gasteiger partial charge in [-0.3, -0.25) is 4.90 Å². The summed E-state index contributed by atoms with van der Waals surface area (Å²) in [6.45, 7) is 4.10. The molecule has 0 spiro atoms. The van der Waals surface area contributed by atoms with Crippen LogP contribution in [0.2, 0.25) is 0 Å². The zero-order chi connectivity index (χ0) is 11.1. The fourth-order valence-electron chi connectivity index (χ4n) is 2.87. The molecule has 4 heteroatoms. The van der Waals surface area contributed by atoms with Gasteiger partial charge >= 0.3 is 0 Å². The summed E-state index contributed by atoms with van der Waals surface area (Å²) in [5.74, 6) is 0.613. The molecule has 1 aromatic rings. The summed E-state index contributed by atoms with van der Waals surface area (Å²) in [4.78, 5) is 7.32. The van der Waals surface area contributed by atoms with Crippen molar-refractivity contribution in [2.24, 2.45) is 11.7 Å². The van der Waals surface area contributed by atoms with Crippen molar-refractivity contribution in [1.29, 1.82) is 0 Å². The Bertz CT molecular complexity index is 372. The number of rotatable bonds is 3. The van der Waals surface area contributed by atoms with E-state index in [1.54, 1.807) is 11.3 Å². The molecule has 0 amide bonds. The van der Waals surface area contributed by atoms with E-state index in [0.29, 0.717) is 12.0 Å². The van der Waals surface area contributed by atoms with E-state index in [9.17, 15) is 0 Å². The monoisotopic (exact) mass is 237 g/mol. The van der Waals surface area contributed by atoms with E-state index in [0.717, 1.165) is 12.6 Å². The molecule has 2 fully saturated rings. The molecule has 0 aromatic carbocycles. The summed E-state index contributed by atoms with van der Waals surface area (Å²) in [6, 6.07) is 1.33. The zero-order valence-electron chi connectivity index (χ0n) is 9.72. The van der Waals surface area contributed by atoms with Crippen molar-refractivity contribution in [3.8, 4) is 0 Å². The standard InChI is InChI=1S/C12H19N3S/c1-8-14-11(7-16-8)12-9(6-13)4-5-15(12)10-2-3-10/h7,9-10,12H,2-6,13H2,1H3. The molecule has 2 atom stereocenters. The summed E-state index contributed by atoms with van der Waals surface area (Å²) in [5, 5.41) is 3.40. The summed E-state index contributed by atoms with van der Waals surface area (Å²) in [6.07, 6.45) is 3.99. The Morgan fingerprint density at radius 3 is 2.88 bits per heavy atom. The van der Waals surface area contributed by atoms with Gasteiger partial charge in [0.2, 0.25) is 0 Å². The Labute approximate surface area is 101 Å². The average Bonchev–Trinajstić information content (AvgIpc) is 2.89. The van der Waals surface area contributed by atoms with Crippen molar-refractivity contribution in [3.63, 3.8) is 0 Å². The molecule has 2 unspecified atom stereocenters. The van der Waals surface area contributed by atoms with E-state index < -0.39 is 0 Å². The minimum atomic E-state index is 0.502. The molecule has 3 nitrogen and oxygen atoms in total. The predicted octanol–water partition coefficient (Wildman–Crippen LogP) is 1.94. The topological polar surface area (TPSA) is 42.1 Å². The molecule has 2 heterocycles. The second-order valence-corrected chi connectivity index (χ2v) is 6.05. The molecule has 1 saturated heterocycles. The minimum Gasteiger partial charge on any atom is -0.330 e. The molecule has 1 aliphatic carbocycles. The lowest BCUT2D eigenvalue weighted by molar-refractivity contribution is 0.216. The van der Waals surface area contributed by atoms with Crippen LogP contribution in [-0.2, 0) is 0 Å². The van der Waals surface area contributed by atoms with E-state index in [-0.39, 0.29) is 0 Å². The van der Waals surface area contributed by atoms with E-state index in [1.165, 1.54) is 36.5 Å². The highest BCUT2D eigenvalue weighted by Gasteiger charge is 2.42. The third-order valence-electron chi connectivity index (χ3n) is 3.82. The molecule has 16 heavy (non-hydrogen) atoms. The smallest absolute Gasteiger partial charge is 0.0898 e. The van der Waals surface area contributed by atoms with Crippen LogP contribution in [0.5, 0.6) is 0 Å². The first-order chi connectivity index (χ1) is 7.79. The molecular formula is C12H19N3S. The van der Waals surface area contributed by atoms with Crippen molar-refractivity contribution in [1.82, 2.24) is 9.88 Å². The normalized spacial score (nSPS) is 31.1. The first kappa shape index (κ1) is 10.7. The molecule has 2 aliphatic rings. The van der Waals surface area contributed by atoms with Crippen molar-refractivity contribution in [2.75, 3.05) is 13.1 Å². The summed E-state index contributed by atoms with van der Waals surface area (Å²) in [7, 11) is 0. The molecule has 2 N–H and O–H groups in total. The largest absolute Gasteiger partial charge is 0.330 e. The average molecular weight is 237 g/mol. The lowest BCUT2D eigenvalue weighted by atomic mass is 9.98. The summed E-state index contributed by atoms with van der Waals surface area (Å²) >= 11 is 1.76. The highest BCUT2D eigenvalue weighted by atomic mass is 32.1. The molecule has 1 aromatic heterocycles. The Morgan fingerprint density at radius 2 is 2.31 bits per heavy atom. The Balaban J connectivity index is 1.87. The minimum absolute atomic E-state index is 0.502. The number of aryl methyl sites for hydroxylation is 1. The van der Waals surface area contributed by atoms with Crippen LogP contribution in [0.3, 0.4) is 0 Å². The van der Waals surface area contributed by atoms with E-state index in [4.69, 9.17) is 5.73 Å². The summed E-state index contributed by atoms with van der Waals surface area (Å²) < 4.78 is 0. The lowest BCUT2D eigenvalue weighted by Gasteiger charge is -2.26. The molecule has 3 rings (SSSR count). The summed E-state index contributed by atoms with van der Waals surface area (Å²) in [5.41, 5.74) is 7.17. The van der Waals surface area contributed by atoms with E-state index in [2.05, 4.69) is 22.2 Å². The van der Waals surface area contributed by atoms with Gasteiger partial charge in [0.15, 0.2) is 0 Å². The Kier molecular flexibility index (Phi) is 2.73. The second-order valence-electron chi connectivity index (χ2n) is 4.99. The number of hydrogen-bond acceptors (Lipinski definition) is 4. The van der Waals surface area contributed by atoms with Crippen LogP contribution in [-0.4, -0.2) is 29.0 Å². The van der Waals surface area contributed by atoms with Crippen molar-refractivity contribution >= 4 is 11.3 Å². The van der Waals surface area contributed by atoms with Crippen LogP contribution in [0, 0.1) is 12.8 Å². The van der Waals surface area contributed by atoms with Gasteiger partial charge in [0.05, 0.1) is 16.7 Å². The van der Waals surface area contributed by atoms with Crippen LogP contribution in [0.15, 0.2) is 5.38 Å². The third kappa shape index (κ3) is 1.79. The maximum absolute atomic E-state index is 5.90. The molecule has 1 saturated carbocycles. The number of thiazole rings is 1. The molecular weight excluding hydrogens is 218 g/mol. The Hall–Kier alpha value is -0.450. The highest BCUT2D eigenvalue weighted by molar-refractivity contribution is 7.09. The van der Waals surface area contributed by atoms with Crippen LogP contribution in [0.4, 0.5) is 0 Å². The van der Waals surface area contributed by atoms with Crippen LogP contribution >= 0.6 is 11.3 Å². The van der Waals surface area contributed by atoms with Gasteiger partial charge in [0, 0.05) is 11.4 Å². The van der Waals surface area contributed by atoms with Gasteiger partial charge in [-0.2, -0.15) is 0 Å². The van der Waals surface area contributed by atoms with E-state index in [1.807, 2.05) is 0 Å². The molecule has 88 valence electrons. The fraction of sp³-hybridized carbons (Fsp3) is 0.750. The maximum atomic E-state index is 5.90. The second kappa shape index (κ2) is 4.09. The van der Waals surface area contributed by atoms with Gasteiger partial charge in [-0.1, -0.05) is 0 Å². The first-order valence-electron chi connectivity index (χ1n) is 6.17. The van der Waals surface area contributed by atoms with Gasteiger partial charge in [0.25, 0.3) is 0 Å². The predicted molar refractivity (Wildman–Crippen MR) is 66.5 cm³/mol. The number of nitrogens with two attached hydrogens (primary N) is 1.